The van der Waals surface area contributed by atoms with Crippen LogP contribution < -0.4 is 14.8 Å². The average Bonchev–Trinajstić information content (AvgIpc) is 2.66. The Morgan fingerprint density at radius 3 is 2.16 bits per heavy atom. The van der Waals surface area contributed by atoms with E-state index in [0.29, 0.717) is 23.0 Å². The Hall–Kier alpha value is -3.46. The lowest BCUT2D eigenvalue weighted by molar-refractivity contribution is -0.122. The molecule has 0 bridgehead atoms. The van der Waals surface area contributed by atoms with Gasteiger partial charge in [0.2, 0.25) is 0 Å². The van der Waals surface area contributed by atoms with Crippen molar-refractivity contribution in [1.29, 1.82) is 0 Å². The van der Waals surface area contributed by atoms with Crippen LogP contribution in [-0.4, -0.2) is 30.4 Å². The van der Waals surface area contributed by atoms with E-state index in [1.54, 1.807) is 26.8 Å². The monoisotopic (exact) mass is 454 g/mol. The number of ether oxygens (including phenoxy) is 1. The highest BCUT2D eigenvalue weighted by Gasteiger charge is 2.18. The predicted octanol–water partition coefficient (Wildman–Crippen LogP) is 3.92. The number of nitrogens with one attached hydrogen (secondary N) is 2. The molecular formula is C23H26N4O4S. The number of amides is 1. The lowest BCUT2D eigenvalue weighted by Crippen LogP contribution is -2.30. The second-order valence-electron chi connectivity index (χ2n) is 7.64. The molecule has 32 heavy (non-hydrogen) atoms. The van der Waals surface area contributed by atoms with Gasteiger partial charge < -0.3 is 10.1 Å². The zero-order valence-corrected chi connectivity index (χ0v) is 19.4. The lowest BCUT2D eigenvalue weighted by atomic mass is 10.1. The molecule has 1 amide bonds. The van der Waals surface area contributed by atoms with E-state index < -0.39 is 16.1 Å². The fourth-order valence-electron chi connectivity index (χ4n) is 3.19. The van der Waals surface area contributed by atoms with Crippen molar-refractivity contribution in [2.75, 3.05) is 10.0 Å². The molecule has 1 aromatic heterocycles. The number of carbonyl (C=O) groups is 1. The van der Waals surface area contributed by atoms with Crippen LogP contribution in [0.5, 0.6) is 5.75 Å². The van der Waals surface area contributed by atoms with Crippen molar-refractivity contribution in [2.24, 2.45) is 0 Å². The summed E-state index contributed by atoms with van der Waals surface area (Å²) in [5.41, 5.74) is 3.21. The van der Waals surface area contributed by atoms with Crippen LogP contribution in [0.1, 0.15) is 29.6 Å². The number of benzene rings is 2. The van der Waals surface area contributed by atoms with Gasteiger partial charge in [-0.05, 0) is 82.1 Å². The summed E-state index contributed by atoms with van der Waals surface area (Å²) in [4.78, 5) is 20.8. The van der Waals surface area contributed by atoms with Gasteiger partial charge in [0.1, 0.15) is 17.4 Å². The van der Waals surface area contributed by atoms with Crippen LogP contribution in [0.3, 0.4) is 0 Å². The van der Waals surface area contributed by atoms with Gasteiger partial charge in [0.15, 0.2) is 6.10 Å². The molecule has 0 aliphatic rings. The van der Waals surface area contributed by atoms with Gasteiger partial charge in [0.05, 0.1) is 4.90 Å². The van der Waals surface area contributed by atoms with Crippen LogP contribution in [0.25, 0.3) is 0 Å². The SMILES string of the molecule is Cc1cc(C)cc(O[C@H](C)C(=O)Nc2ccc(S(=O)(=O)Nc3cc(C)nc(C)n3)cc2)c1. The van der Waals surface area contributed by atoms with Crippen molar-refractivity contribution in [3.05, 3.63) is 71.2 Å². The number of nitrogens with zero attached hydrogens (tertiary/aromatic N) is 2. The molecule has 0 fully saturated rings. The molecule has 0 unspecified atom stereocenters. The third kappa shape index (κ3) is 6.04. The van der Waals surface area contributed by atoms with Crippen LogP contribution >= 0.6 is 0 Å². The minimum absolute atomic E-state index is 0.0453. The first-order valence-electron chi connectivity index (χ1n) is 10.0. The summed E-state index contributed by atoms with van der Waals surface area (Å²) in [6.45, 7) is 9.02. The summed E-state index contributed by atoms with van der Waals surface area (Å²) >= 11 is 0. The molecule has 0 aliphatic carbocycles. The third-order valence-electron chi connectivity index (χ3n) is 4.51. The Bertz CT molecular complexity index is 1200. The fraction of sp³-hybridized carbons (Fsp3) is 0.261. The molecule has 0 saturated carbocycles. The van der Waals surface area contributed by atoms with Crippen molar-refractivity contribution in [3.63, 3.8) is 0 Å². The minimum Gasteiger partial charge on any atom is -0.481 e. The van der Waals surface area contributed by atoms with Crippen LogP contribution in [0, 0.1) is 27.7 Å². The third-order valence-corrected chi connectivity index (χ3v) is 5.89. The Morgan fingerprint density at radius 2 is 1.56 bits per heavy atom. The molecule has 8 nitrogen and oxygen atoms in total. The van der Waals surface area contributed by atoms with Crippen molar-refractivity contribution in [2.45, 2.75) is 45.6 Å². The molecule has 9 heteroatoms. The summed E-state index contributed by atoms with van der Waals surface area (Å²) in [6, 6.07) is 13.2. The molecule has 0 saturated heterocycles. The maximum Gasteiger partial charge on any atom is 0.265 e. The largest absolute Gasteiger partial charge is 0.481 e. The number of hydrogen-bond acceptors (Lipinski definition) is 6. The van der Waals surface area contributed by atoms with Crippen molar-refractivity contribution in [1.82, 2.24) is 9.97 Å². The summed E-state index contributed by atoms with van der Waals surface area (Å²) in [5, 5.41) is 2.73. The van der Waals surface area contributed by atoms with Gasteiger partial charge in [-0.25, -0.2) is 18.4 Å². The summed E-state index contributed by atoms with van der Waals surface area (Å²) < 4.78 is 33.5. The molecule has 0 spiro atoms. The number of sulfonamides is 1. The van der Waals surface area contributed by atoms with Gasteiger partial charge in [-0.1, -0.05) is 6.07 Å². The number of rotatable bonds is 7. The molecule has 3 rings (SSSR count). The summed E-state index contributed by atoms with van der Waals surface area (Å²) in [5.74, 6) is 0.945. The normalized spacial score (nSPS) is 12.2. The van der Waals surface area contributed by atoms with Crippen LogP contribution in [0.4, 0.5) is 11.5 Å². The second kappa shape index (κ2) is 9.35. The van der Waals surface area contributed by atoms with Gasteiger partial charge in [-0.15, -0.1) is 0 Å². The Kier molecular flexibility index (Phi) is 6.78. The first-order valence-corrected chi connectivity index (χ1v) is 11.5. The van der Waals surface area contributed by atoms with Crippen LogP contribution in [-0.2, 0) is 14.8 Å². The van der Waals surface area contributed by atoms with E-state index in [-0.39, 0.29) is 16.6 Å². The molecular weight excluding hydrogens is 428 g/mol. The first kappa shape index (κ1) is 23.2. The highest BCUT2D eigenvalue weighted by molar-refractivity contribution is 7.92. The van der Waals surface area contributed by atoms with E-state index >= 15 is 0 Å². The van der Waals surface area contributed by atoms with Gasteiger partial charge in [-0.3, -0.25) is 9.52 Å². The van der Waals surface area contributed by atoms with Crippen molar-refractivity contribution in [3.8, 4) is 5.75 Å². The van der Waals surface area contributed by atoms with Gasteiger partial charge in [-0.2, -0.15) is 0 Å². The molecule has 1 heterocycles. The van der Waals surface area contributed by atoms with Gasteiger partial charge >= 0.3 is 0 Å². The van der Waals surface area contributed by atoms with Crippen molar-refractivity contribution >= 4 is 27.4 Å². The molecule has 1 atom stereocenters. The van der Waals surface area contributed by atoms with E-state index in [0.717, 1.165) is 11.1 Å². The zero-order chi connectivity index (χ0) is 23.5. The zero-order valence-electron chi connectivity index (χ0n) is 18.6. The smallest absolute Gasteiger partial charge is 0.265 e. The molecule has 168 valence electrons. The maximum atomic E-state index is 12.6. The standard InChI is InChI=1S/C23H26N4O4S/c1-14-10-15(2)12-20(11-14)31-17(4)23(28)26-19-6-8-21(9-7-19)32(29,30)27-22-13-16(3)24-18(5)25-22/h6-13,17H,1-5H3,(H,26,28)(H,24,25,27)/t17-/m1/s1. The average molecular weight is 455 g/mol. The topological polar surface area (TPSA) is 110 Å². The van der Waals surface area contributed by atoms with E-state index in [4.69, 9.17) is 4.74 Å². The van der Waals surface area contributed by atoms with Crippen molar-refractivity contribution < 1.29 is 17.9 Å². The number of anilines is 2. The van der Waals surface area contributed by atoms with E-state index in [1.807, 2.05) is 32.0 Å². The molecule has 2 aromatic carbocycles. The highest BCUT2D eigenvalue weighted by atomic mass is 32.2. The minimum atomic E-state index is -3.83. The number of carbonyl (C=O) groups excluding carboxylic acids is 1. The second-order valence-corrected chi connectivity index (χ2v) is 9.33. The van der Waals surface area contributed by atoms with E-state index in [1.165, 1.54) is 24.3 Å². The molecule has 0 aliphatic heterocycles. The van der Waals surface area contributed by atoms with E-state index in [9.17, 15) is 13.2 Å². The maximum absolute atomic E-state index is 12.6. The number of hydrogen-bond donors (Lipinski definition) is 2. The number of aryl methyl sites for hydroxylation is 4. The summed E-state index contributed by atoms with van der Waals surface area (Å²) in [6.07, 6.45) is -0.731. The van der Waals surface area contributed by atoms with E-state index in [2.05, 4.69) is 20.0 Å². The van der Waals surface area contributed by atoms with Crippen LogP contribution in [0.15, 0.2) is 53.4 Å². The Balaban J connectivity index is 1.66. The summed E-state index contributed by atoms with van der Waals surface area (Å²) in [7, 11) is -3.83. The van der Waals surface area contributed by atoms with Gasteiger partial charge in [0.25, 0.3) is 15.9 Å². The fourth-order valence-corrected chi connectivity index (χ4v) is 4.18. The quantitative estimate of drug-likeness (QED) is 0.560. The lowest BCUT2D eigenvalue weighted by Gasteiger charge is -2.16. The first-order chi connectivity index (χ1) is 15.0. The predicted molar refractivity (Wildman–Crippen MR) is 123 cm³/mol. The highest BCUT2D eigenvalue weighted by Crippen LogP contribution is 2.20. The van der Waals surface area contributed by atoms with Crippen LogP contribution in [0.2, 0.25) is 0 Å². The molecule has 2 N–H and O–H groups in total. The Morgan fingerprint density at radius 1 is 0.938 bits per heavy atom. The Labute approximate surface area is 188 Å². The molecule has 0 radical (unpaired) electrons. The van der Waals surface area contributed by atoms with Gasteiger partial charge in [0, 0.05) is 17.4 Å². The molecule has 3 aromatic rings. The number of aromatic nitrogens is 2.